The number of hydrogen-bond acceptors (Lipinski definition) is 4. The van der Waals surface area contributed by atoms with Crippen LogP contribution in [0.4, 0.5) is 4.79 Å². The number of H-pyrrole nitrogens is 2. The molecular formula is C11H14N6O3. The Kier molecular flexibility index (Phi) is 4.32. The molecular weight excluding hydrogens is 264 g/mol. The number of nitrogens with one attached hydrogen (secondary N) is 4. The van der Waals surface area contributed by atoms with Crippen LogP contribution in [0.15, 0.2) is 25.0 Å². The third-order valence-electron chi connectivity index (χ3n) is 2.58. The molecule has 0 fully saturated rings. The molecule has 0 saturated carbocycles. The van der Waals surface area contributed by atoms with Crippen LogP contribution < -0.4 is 10.6 Å². The molecule has 2 rings (SSSR count). The Hall–Kier alpha value is -2.84. The lowest BCUT2D eigenvalue weighted by Gasteiger charge is -2.14. The standard InChI is InChI=1S/C11H14N6O3/c18-10(19)9(1-7-2-12-5-15-7)17-11(20)14-4-8-3-13-6-16-8/h2-3,5-6,9H,1,4H2,(H,12,15)(H,13,16)(H,18,19)(H2,14,17,20)/t9-/m0/s1. The number of aliphatic carboxylic acids is 1. The number of carbonyl (C=O) groups excluding carboxylic acids is 1. The van der Waals surface area contributed by atoms with Crippen LogP contribution in [-0.2, 0) is 17.8 Å². The lowest BCUT2D eigenvalue weighted by atomic mass is 10.2. The molecule has 0 saturated heterocycles. The number of carboxylic acid groups (broad SMARTS) is 1. The van der Waals surface area contributed by atoms with Crippen molar-refractivity contribution in [2.45, 2.75) is 19.0 Å². The van der Waals surface area contributed by atoms with Crippen molar-refractivity contribution in [1.82, 2.24) is 30.6 Å². The fraction of sp³-hybridized carbons (Fsp3) is 0.273. The van der Waals surface area contributed by atoms with Gasteiger partial charge in [0.05, 0.1) is 24.9 Å². The number of carbonyl (C=O) groups is 2. The molecule has 2 aromatic heterocycles. The number of hydrogen-bond donors (Lipinski definition) is 5. The summed E-state index contributed by atoms with van der Waals surface area (Å²) in [5, 5.41) is 14.0. The van der Waals surface area contributed by atoms with E-state index in [1.54, 1.807) is 6.20 Å². The number of amides is 2. The van der Waals surface area contributed by atoms with E-state index in [2.05, 4.69) is 30.6 Å². The monoisotopic (exact) mass is 278 g/mol. The van der Waals surface area contributed by atoms with E-state index in [0.717, 1.165) is 5.69 Å². The fourth-order valence-electron chi connectivity index (χ4n) is 1.58. The third-order valence-corrected chi connectivity index (χ3v) is 2.58. The first-order valence-electron chi connectivity index (χ1n) is 5.87. The minimum Gasteiger partial charge on any atom is -0.480 e. The largest absolute Gasteiger partial charge is 0.480 e. The van der Waals surface area contributed by atoms with Gasteiger partial charge in [0, 0.05) is 24.5 Å². The fourth-order valence-corrected chi connectivity index (χ4v) is 1.58. The van der Waals surface area contributed by atoms with Gasteiger partial charge in [0.2, 0.25) is 0 Å². The highest BCUT2D eigenvalue weighted by molar-refractivity contribution is 5.82. The zero-order valence-corrected chi connectivity index (χ0v) is 10.5. The van der Waals surface area contributed by atoms with Crippen LogP contribution in [0.1, 0.15) is 11.4 Å². The second-order valence-corrected chi connectivity index (χ2v) is 4.08. The maximum absolute atomic E-state index is 11.6. The predicted octanol–water partition coefficient (Wildman–Crippen LogP) is -0.372. The van der Waals surface area contributed by atoms with Crippen LogP contribution >= 0.6 is 0 Å². The van der Waals surface area contributed by atoms with E-state index in [-0.39, 0.29) is 13.0 Å². The minimum atomic E-state index is -1.11. The minimum absolute atomic E-state index is 0.132. The molecule has 2 amide bonds. The van der Waals surface area contributed by atoms with Crippen molar-refractivity contribution in [3.05, 3.63) is 36.4 Å². The molecule has 5 N–H and O–H groups in total. The molecule has 0 aliphatic rings. The highest BCUT2D eigenvalue weighted by Gasteiger charge is 2.20. The van der Waals surface area contributed by atoms with E-state index in [4.69, 9.17) is 5.11 Å². The van der Waals surface area contributed by atoms with Gasteiger partial charge in [-0.15, -0.1) is 0 Å². The van der Waals surface area contributed by atoms with Crippen molar-refractivity contribution in [2.75, 3.05) is 0 Å². The number of nitrogens with zero attached hydrogens (tertiary/aromatic N) is 2. The zero-order chi connectivity index (χ0) is 14.4. The molecule has 0 bridgehead atoms. The summed E-state index contributed by atoms with van der Waals surface area (Å²) in [5.74, 6) is -1.11. The molecule has 0 spiro atoms. The summed E-state index contributed by atoms with van der Waals surface area (Å²) in [5.41, 5.74) is 1.35. The number of imidazole rings is 2. The zero-order valence-electron chi connectivity index (χ0n) is 10.5. The van der Waals surface area contributed by atoms with Crippen LogP contribution in [-0.4, -0.2) is 43.1 Å². The Balaban J connectivity index is 1.84. The molecule has 20 heavy (non-hydrogen) atoms. The normalized spacial score (nSPS) is 11.8. The maximum Gasteiger partial charge on any atom is 0.326 e. The van der Waals surface area contributed by atoms with Crippen LogP contribution in [0.25, 0.3) is 0 Å². The Labute approximate surface area is 113 Å². The van der Waals surface area contributed by atoms with Gasteiger partial charge in [0.25, 0.3) is 0 Å². The van der Waals surface area contributed by atoms with E-state index >= 15 is 0 Å². The van der Waals surface area contributed by atoms with Crippen LogP contribution in [0.2, 0.25) is 0 Å². The van der Waals surface area contributed by atoms with Gasteiger partial charge in [-0.1, -0.05) is 0 Å². The van der Waals surface area contributed by atoms with Gasteiger partial charge in [-0.3, -0.25) is 0 Å². The van der Waals surface area contributed by atoms with Crippen molar-refractivity contribution in [3.8, 4) is 0 Å². The average Bonchev–Trinajstić information content (AvgIpc) is 3.08. The molecule has 0 radical (unpaired) electrons. The van der Waals surface area contributed by atoms with Crippen LogP contribution in [0.3, 0.4) is 0 Å². The number of urea groups is 1. The molecule has 9 nitrogen and oxygen atoms in total. The first-order chi connectivity index (χ1) is 9.65. The summed E-state index contributed by atoms with van der Waals surface area (Å²) in [6.45, 7) is 0.238. The first kappa shape index (κ1) is 13.6. The van der Waals surface area contributed by atoms with E-state index in [1.165, 1.54) is 18.9 Å². The maximum atomic E-state index is 11.6. The van der Waals surface area contributed by atoms with E-state index in [1.807, 2.05) is 0 Å². The second-order valence-electron chi connectivity index (χ2n) is 4.08. The summed E-state index contributed by atoms with van der Waals surface area (Å²) in [4.78, 5) is 36.0. The summed E-state index contributed by atoms with van der Waals surface area (Å²) in [7, 11) is 0. The Morgan fingerprint density at radius 2 is 1.85 bits per heavy atom. The molecule has 0 aromatic carbocycles. The smallest absolute Gasteiger partial charge is 0.326 e. The van der Waals surface area contributed by atoms with Gasteiger partial charge < -0.3 is 25.7 Å². The van der Waals surface area contributed by atoms with Gasteiger partial charge in [-0.25, -0.2) is 19.6 Å². The highest BCUT2D eigenvalue weighted by atomic mass is 16.4. The Morgan fingerprint density at radius 3 is 2.40 bits per heavy atom. The molecule has 9 heteroatoms. The van der Waals surface area contributed by atoms with Crippen molar-refractivity contribution >= 4 is 12.0 Å². The number of aromatic amines is 2. The number of aromatic nitrogens is 4. The Bertz CT molecular complexity index is 551. The van der Waals surface area contributed by atoms with Crippen molar-refractivity contribution in [1.29, 1.82) is 0 Å². The summed E-state index contributed by atoms with van der Waals surface area (Å²) in [6, 6.07) is -1.59. The quantitative estimate of drug-likeness (QED) is 0.491. The van der Waals surface area contributed by atoms with Crippen molar-refractivity contribution in [2.24, 2.45) is 0 Å². The molecule has 2 heterocycles. The van der Waals surface area contributed by atoms with E-state index < -0.39 is 18.0 Å². The molecule has 0 unspecified atom stereocenters. The SMILES string of the molecule is O=C(NCc1cnc[nH]1)N[C@@H](Cc1cnc[nH]1)C(=O)O. The van der Waals surface area contributed by atoms with Gasteiger partial charge in [-0.2, -0.15) is 0 Å². The van der Waals surface area contributed by atoms with Gasteiger partial charge in [0.1, 0.15) is 6.04 Å². The third kappa shape index (κ3) is 3.83. The molecule has 0 aliphatic carbocycles. The molecule has 0 aliphatic heterocycles. The lowest BCUT2D eigenvalue weighted by Crippen LogP contribution is -2.47. The number of rotatable bonds is 6. The summed E-state index contributed by atoms with van der Waals surface area (Å²) >= 11 is 0. The van der Waals surface area contributed by atoms with Gasteiger partial charge in [0.15, 0.2) is 0 Å². The van der Waals surface area contributed by atoms with Crippen LogP contribution in [0, 0.1) is 0 Å². The number of carboxylic acids is 1. The summed E-state index contributed by atoms with van der Waals surface area (Å²) in [6.07, 6.45) is 6.16. The van der Waals surface area contributed by atoms with E-state index in [0.29, 0.717) is 5.69 Å². The summed E-state index contributed by atoms with van der Waals surface area (Å²) < 4.78 is 0. The first-order valence-corrected chi connectivity index (χ1v) is 5.87. The predicted molar refractivity (Wildman–Crippen MR) is 67.7 cm³/mol. The van der Waals surface area contributed by atoms with Gasteiger partial charge >= 0.3 is 12.0 Å². The van der Waals surface area contributed by atoms with Crippen molar-refractivity contribution < 1.29 is 14.7 Å². The van der Waals surface area contributed by atoms with Gasteiger partial charge in [-0.05, 0) is 0 Å². The van der Waals surface area contributed by atoms with Crippen LogP contribution in [0.5, 0.6) is 0 Å². The average molecular weight is 278 g/mol. The van der Waals surface area contributed by atoms with Crippen molar-refractivity contribution in [3.63, 3.8) is 0 Å². The lowest BCUT2D eigenvalue weighted by molar-refractivity contribution is -0.139. The molecule has 1 atom stereocenters. The van der Waals surface area contributed by atoms with E-state index in [9.17, 15) is 9.59 Å². The second kappa shape index (κ2) is 6.36. The highest BCUT2D eigenvalue weighted by Crippen LogP contribution is 1.99. The topological polar surface area (TPSA) is 136 Å². The molecule has 106 valence electrons. The Morgan fingerprint density at radius 1 is 1.20 bits per heavy atom. The molecule has 2 aromatic rings.